The predicted octanol–water partition coefficient (Wildman–Crippen LogP) is 2.08. The first-order chi connectivity index (χ1) is 15.6. The van der Waals surface area contributed by atoms with Crippen LogP contribution in [0.3, 0.4) is 0 Å². The van der Waals surface area contributed by atoms with E-state index < -0.39 is 6.10 Å². The number of rotatable bonds is 5. The van der Waals surface area contributed by atoms with Crippen molar-refractivity contribution in [1.82, 2.24) is 19.8 Å². The number of likely N-dealkylation sites (tertiary alicyclic amines) is 1. The average molecular weight is 438 g/mol. The lowest BCUT2D eigenvalue weighted by atomic mass is 9.93. The highest BCUT2D eigenvalue weighted by molar-refractivity contribution is 5.93. The summed E-state index contributed by atoms with van der Waals surface area (Å²) in [4.78, 5) is 25.9. The molecular weight excluding hydrogens is 406 g/mol. The van der Waals surface area contributed by atoms with Crippen LogP contribution >= 0.6 is 0 Å². The lowest BCUT2D eigenvalue weighted by Crippen LogP contribution is -2.56. The van der Waals surface area contributed by atoms with E-state index in [4.69, 9.17) is 4.74 Å². The van der Waals surface area contributed by atoms with Gasteiger partial charge in [0.05, 0.1) is 13.2 Å². The van der Waals surface area contributed by atoms with Gasteiger partial charge in [-0.1, -0.05) is 24.3 Å². The molecule has 1 saturated carbocycles. The number of hydrogen-bond donors (Lipinski definition) is 2. The molecule has 1 aromatic carbocycles. The van der Waals surface area contributed by atoms with Crippen LogP contribution in [0.2, 0.25) is 0 Å². The Bertz CT molecular complexity index is 980. The van der Waals surface area contributed by atoms with Crippen molar-refractivity contribution >= 4 is 11.7 Å². The lowest BCUT2D eigenvalue weighted by molar-refractivity contribution is -0.0139. The Labute approximate surface area is 188 Å². The summed E-state index contributed by atoms with van der Waals surface area (Å²) in [5, 5.41) is 14.3. The number of fused-ring (bicyclic) bond motifs is 1. The van der Waals surface area contributed by atoms with Crippen molar-refractivity contribution in [1.29, 1.82) is 0 Å². The molecule has 0 bridgehead atoms. The molecule has 0 unspecified atom stereocenters. The fourth-order valence-electron chi connectivity index (χ4n) is 4.95. The van der Waals surface area contributed by atoms with E-state index in [9.17, 15) is 9.90 Å². The van der Waals surface area contributed by atoms with Crippen LogP contribution in [0.15, 0.2) is 30.3 Å². The normalized spacial score (nSPS) is 23.9. The molecule has 1 saturated heterocycles. The molecular formula is C24H31N5O3. The second kappa shape index (κ2) is 9.03. The summed E-state index contributed by atoms with van der Waals surface area (Å²) >= 11 is 0. The van der Waals surface area contributed by atoms with Crippen LogP contribution in [-0.2, 0) is 13.0 Å². The second-order valence-electron chi connectivity index (χ2n) is 9.06. The first-order valence-corrected chi connectivity index (χ1v) is 11.6. The fraction of sp³-hybridized carbons (Fsp3) is 0.542. The monoisotopic (exact) mass is 437 g/mol. The molecule has 2 N–H and O–H groups in total. The number of anilines is 1. The molecule has 3 heterocycles. The molecule has 5 rings (SSSR count). The molecule has 8 nitrogen and oxygen atoms in total. The molecule has 1 amide bonds. The first kappa shape index (κ1) is 21.2. The zero-order valence-electron chi connectivity index (χ0n) is 18.5. The lowest BCUT2D eigenvalue weighted by Gasteiger charge is -2.43. The van der Waals surface area contributed by atoms with Crippen molar-refractivity contribution in [2.75, 3.05) is 32.1 Å². The molecule has 2 aliphatic heterocycles. The number of hydrogen-bond acceptors (Lipinski definition) is 7. The Morgan fingerprint density at radius 1 is 1.16 bits per heavy atom. The zero-order valence-corrected chi connectivity index (χ0v) is 18.5. The topological polar surface area (TPSA) is 90.8 Å². The van der Waals surface area contributed by atoms with Gasteiger partial charge in [-0.2, -0.15) is 9.97 Å². The molecule has 32 heavy (non-hydrogen) atoms. The number of piperidine rings is 1. The van der Waals surface area contributed by atoms with Gasteiger partial charge in [0.15, 0.2) is 0 Å². The Morgan fingerprint density at radius 3 is 2.69 bits per heavy atom. The molecule has 170 valence electrons. The van der Waals surface area contributed by atoms with Gasteiger partial charge < -0.3 is 20.1 Å². The summed E-state index contributed by atoms with van der Waals surface area (Å²) in [6, 6.07) is 10.8. The number of aromatic nitrogens is 2. The zero-order chi connectivity index (χ0) is 22.1. The van der Waals surface area contributed by atoms with E-state index in [-0.39, 0.29) is 18.0 Å². The summed E-state index contributed by atoms with van der Waals surface area (Å²) in [5.41, 5.74) is 3.04. The second-order valence-corrected chi connectivity index (χ2v) is 9.06. The van der Waals surface area contributed by atoms with Crippen LogP contribution in [-0.4, -0.2) is 75.7 Å². The maximum Gasteiger partial charge on any atom is 0.318 e. The number of β-amino-alcohol motifs (C(OH)–C–C–N with tert-alkyl or cyclic N) is 1. The third kappa shape index (κ3) is 4.29. The molecule has 2 fully saturated rings. The molecule has 8 heteroatoms. The van der Waals surface area contributed by atoms with Crippen LogP contribution in [0.1, 0.15) is 47.3 Å². The number of nitrogens with zero attached hydrogens (tertiary/aromatic N) is 4. The number of aliphatic hydroxyl groups excluding tert-OH is 1. The smallest absolute Gasteiger partial charge is 0.318 e. The number of ether oxygens (including phenoxy) is 1. The fourth-order valence-corrected chi connectivity index (χ4v) is 4.95. The van der Waals surface area contributed by atoms with Gasteiger partial charge in [0, 0.05) is 44.3 Å². The number of amides is 1. The summed E-state index contributed by atoms with van der Waals surface area (Å²) in [5.74, 6) is 0.427. The molecule has 0 spiro atoms. The highest BCUT2D eigenvalue weighted by Crippen LogP contribution is 2.27. The maximum absolute atomic E-state index is 13.2. The minimum Gasteiger partial charge on any atom is -0.467 e. The van der Waals surface area contributed by atoms with E-state index in [1.807, 2.05) is 0 Å². The third-order valence-electron chi connectivity index (χ3n) is 7.03. The average Bonchev–Trinajstić information content (AvgIpc) is 2.80. The van der Waals surface area contributed by atoms with Crippen molar-refractivity contribution in [3.05, 3.63) is 47.2 Å². The van der Waals surface area contributed by atoms with E-state index in [1.165, 1.54) is 24.7 Å². The van der Waals surface area contributed by atoms with Crippen LogP contribution in [0.25, 0.3) is 0 Å². The quantitative estimate of drug-likeness (QED) is 0.740. The van der Waals surface area contributed by atoms with Crippen molar-refractivity contribution in [2.45, 2.75) is 56.8 Å². The van der Waals surface area contributed by atoms with Crippen molar-refractivity contribution in [3.8, 4) is 6.01 Å². The molecule has 2 aromatic rings. The summed E-state index contributed by atoms with van der Waals surface area (Å²) in [6.45, 7) is 2.69. The third-order valence-corrected chi connectivity index (χ3v) is 7.03. The molecule has 1 aromatic heterocycles. The highest BCUT2D eigenvalue weighted by Gasteiger charge is 2.36. The molecule has 3 aliphatic rings. The van der Waals surface area contributed by atoms with Gasteiger partial charge in [-0.05, 0) is 43.2 Å². The van der Waals surface area contributed by atoms with Gasteiger partial charge in [-0.3, -0.25) is 9.69 Å². The highest BCUT2D eigenvalue weighted by atomic mass is 16.5. The summed E-state index contributed by atoms with van der Waals surface area (Å²) in [6.07, 6.45) is 4.58. The van der Waals surface area contributed by atoms with Gasteiger partial charge in [-0.25, -0.2) is 0 Å². The Hall–Kier alpha value is -2.71. The van der Waals surface area contributed by atoms with Crippen molar-refractivity contribution in [3.63, 3.8) is 0 Å². The number of aliphatic hydroxyl groups is 1. The Kier molecular flexibility index (Phi) is 5.97. The molecule has 1 aliphatic carbocycles. The largest absolute Gasteiger partial charge is 0.467 e. The van der Waals surface area contributed by atoms with Gasteiger partial charge in [0.2, 0.25) is 0 Å². The van der Waals surface area contributed by atoms with E-state index in [0.29, 0.717) is 30.6 Å². The number of carbonyl (C=O) groups is 1. The van der Waals surface area contributed by atoms with Crippen LogP contribution < -0.4 is 10.1 Å². The predicted molar refractivity (Wildman–Crippen MR) is 121 cm³/mol. The summed E-state index contributed by atoms with van der Waals surface area (Å²) in [7, 11) is 1.50. The first-order valence-electron chi connectivity index (χ1n) is 11.6. The Balaban J connectivity index is 1.25. The van der Waals surface area contributed by atoms with E-state index in [0.717, 1.165) is 38.8 Å². The number of carbonyl (C=O) groups excluding carboxylic acids is 1. The van der Waals surface area contributed by atoms with Crippen LogP contribution in [0, 0.1) is 0 Å². The minimum atomic E-state index is -0.589. The van der Waals surface area contributed by atoms with Crippen molar-refractivity contribution < 1.29 is 14.6 Å². The van der Waals surface area contributed by atoms with Gasteiger partial charge in [0.1, 0.15) is 11.5 Å². The molecule has 0 radical (unpaired) electrons. The van der Waals surface area contributed by atoms with E-state index >= 15 is 0 Å². The molecule has 2 atom stereocenters. The van der Waals surface area contributed by atoms with Gasteiger partial charge >= 0.3 is 6.01 Å². The van der Waals surface area contributed by atoms with Gasteiger partial charge in [-0.15, -0.1) is 0 Å². The van der Waals surface area contributed by atoms with E-state index in [1.54, 1.807) is 11.0 Å². The number of benzene rings is 1. The summed E-state index contributed by atoms with van der Waals surface area (Å²) < 4.78 is 5.22. The van der Waals surface area contributed by atoms with Crippen LogP contribution in [0.4, 0.5) is 5.82 Å². The minimum absolute atomic E-state index is 0.0585. The SMILES string of the molecule is COc1nc(NC2CCC2)cc(C(=O)N2CC[C@@H](N3CCc4ccccc4C3)[C@H](O)C2)n1. The van der Waals surface area contributed by atoms with E-state index in [2.05, 4.69) is 44.5 Å². The number of methoxy groups -OCH3 is 1. The maximum atomic E-state index is 13.2. The Morgan fingerprint density at radius 2 is 1.97 bits per heavy atom. The van der Waals surface area contributed by atoms with Crippen LogP contribution in [0.5, 0.6) is 6.01 Å². The van der Waals surface area contributed by atoms with Gasteiger partial charge in [0.25, 0.3) is 5.91 Å². The number of nitrogens with one attached hydrogen (secondary N) is 1. The van der Waals surface area contributed by atoms with Crippen molar-refractivity contribution in [2.24, 2.45) is 0 Å². The standard InChI is InChI=1S/C24H31N5O3/c1-32-24-26-19(13-22(27-24)25-18-7-4-8-18)23(31)29-12-10-20(21(30)15-29)28-11-9-16-5-2-3-6-17(16)14-28/h2-3,5-6,13,18,20-21,30H,4,7-12,14-15H2,1H3,(H,25,26,27)/t20-,21-/m1/s1.